The van der Waals surface area contributed by atoms with Crippen LogP contribution in [0.1, 0.15) is 32.9 Å². The van der Waals surface area contributed by atoms with Crippen LogP contribution in [0.25, 0.3) is 0 Å². The maximum absolute atomic E-state index is 11.5. The zero-order valence-corrected chi connectivity index (χ0v) is 10.1. The molecule has 0 aromatic carbocycles. The molecular weight excluding hydrogens is 204 g/mol. The summed E-state index contributed by atoms with van der Waals surface area (Å²) in [5.41, 5.74) is 1.02. The fourth-order valence-corrected chi connectivity index (χ4v) is 1.40. The van der Waals surface area contributed by atoms with Crippen molar-refractivity contribution in [3.05, 3.63) is 18.0 Å². The number of nitrogens with zero attached hydrogens (tertiary/aromatic N) is 1. The van der Waals surface area contributed by atoms with Gasteiger partial charge in [-0.2, -0.15) is 5.10 Å². The van der Waals surface area contributed by atoms with Crippen LogP contribution in [0.5, 0.6) is 0 Å². The highest BCUT2D eigenvalue weighted by atomic mass is 16.1. The smallest absolute Gasteiger partial charge is 0.221 e. The van der Waals surface area contributed by atoms with Crippen LogP contribution in [0.15, 0.2) is 12.3 Å². The van der Waals surface area contributed by atoms with Crippen LogP contribution in [-0.4, -0.2) is 28.2 Å². The highest BCUT2D eigenvalue weighted by Crippen LogP contribution is 1.96. The molecule has 1 aromatic rings. The third-order valence-corrected chi connectivity index (χ3v) is 2.14. The van der Waals surface area contributed by atoms with E-state index in [1.54, 1.807) is 6.20 Å². The van der Waals surface area contributed by atoms with Crippen LogP contribution in [-0.2, 0) is 11.3 Å². The van der Waals surface area contributed by atoms with Gasteiger partial charge in [0.2, 0.25) is 5.91 Å². The predicted molar refractivity (Wildman–Crippen MR) is 62.8 cm³/mol. The molecule has 0 saturated carbocycles. The number of aromatic nitrogens is 2. The van der Waals surface area contributed by atoms with Crippen molar-refractivity contribution in [3.8, 4) is 0 Å². The van der Waals surface area contributed by atoms with Crippen LogP contribution in [0.3, 0.4) is 0 Å². The maximum atomic E-state index is 11.5. The van der Waals surface area contributed by atoms with Crippen molar-refractivity contribution in [2.24, 2.45) is 0 Å². The number of aromatic amines is 1. The predicted octanol–water partition coefficient (Wildman–Crippen LogP) is 0.802. The van der Waals surface area contributed by atoms with E-state index in [0.29, 0.717) is 13.0 Å². The van der Waals surface area contributed by atoms with Crippen LogP contribution < -0.4 is 10.6 Å². The average Bonchev–Trinajstić information content (AvgIpc) is 2.65. The molecule has 16 heavy (non-hydrogen) atoms. The molecule has 3 N–H and O–H groups in total. The van der Waals surface area contributed by atoms with Crippen molar-refractivity contribution in [2.75, 3.05) is 0 Å². The second-order valence-electron chi connectivity index (χ2n) is 4.29. The summed E-state index contributed by atoms with van der Waals surface area (Å²) < 4.78 is 0. The topological polar surface area (TPSA) is 69.8 Å². The minimum absolute atomic E-state index is 0.0830. The lowest BCUT2D eigenvalue weighted by molar-refractivity contribution is -0.122. The quantitative estimate of drug-likeness (QED) is 0.669. The molecule has 1 unspecified atom stereocenters. The number of carbonyl (C=O) groups is 1. The molecule has 1 aromatic heterocycles. The number of nitrogens with one attached hydrogen (secondary N) is 3. The van der Waals surface area contributed by atoms with Gasteiger partial charge in [-0.05, 0) is 26.8 Å². The molecule has 1 rings (SSSR count). The van der Waals surface area contributed by atoms with E-state index >= 15 is 0 Å². The number of amides is 1. The maximum Gasteiger partial charge on any atom is 0.221 e. The standard InChI is InChI=1S/C11H20N4O/c1-8(2)14-11(16)6-9(3)12-7-10-4-5-13-15-10/h4-5,8-9,12H,6-7H2,1-3H3,(H,13,15)(H,14,16). The first-order valence-electron chi connectivity index (χ1n) is 5.59. The number of hydrogen-bond acceptors (Lipinski definition) is 3. The second-order valence-corrected chi connectivity index (χ2v) is 4.29. The molecule has 0 radical (unpaired) electrons. The van der Waals surface area contributed by atoms with Gasteiger partial charge in [-0.25, -0.2) is 0 Å². The van der Waals surface area contributed by atoms with Crippen LogP contribution in [0.2, 0.25) is 0 Å². The van der Waals surface area contributed by atoms with Crippen LogP contribution in [0, 0.1) is 0 Å². The van der Waals surface area contributed by atoms with E-state index in [2.05, 4.69) is 20.8 Å². The summed E-state index contributed by atoms with van der Waals surface area (Å²) in [5, 5.41) is 12.8. The SMILES string of the molecule is CC(C)NC(=O)CC(C)NCc1ccn[nH]1. The van der Waals surface area contributed by atoms with Crippen molar-refractivity contribution < 1.29 is 4.79 Å². The average molecular weight is 224 g/mol. The Labute approximate surface area is 96.0 Å². The van der Waals surface area contributed by atoms with Gasteiger partial charge < -0.3 is 10.6 Å². The Bertz CT molecular complexity index is 308. The lowest BCUT2D eigenvalue weighted by Gasteiger charge is -2.14. The Morgan fingerprint density at radius 1 is 1.50 bits per heavy atom. The molecule has 0 aliphatic rings. The van der Waals surface area contributed by atoms with Crippen molar-refractivity contribution in [1.82, 2.24) is 20.8 Å². The highest BCUT2D eigenvalue weighted by Gasteiger charge is 2.09. The third kappa shape index (κ3) is 4.93. The molecular formula is C11H20N4O. The fourth-order valence-electron chi connectivity index (χ4n) is 1.40. The molecule has 1 heterocycles. The number of rotatable bonds is 6. The van der Waals surface area contributed by atoms with Gasteiger partial charge in [-0.15, -0.1) is 0 Å². The summed E-state index contributed by atoms with van der Waals surface area (Å²) in [6, 6.07) is 2.27. The zero-order chi connectivity index (χ0) is 12.0. The fraction of sp³-hybridized carbons (Fsp3) is 0.636. The summed E-state index contributed by atoms with van der Waals surface area (Å²) in [6.07, 6.45) is 2.21. The lowest BCUT2D eigenvalue weighted by Crippen LogP contribution is -2.36. The number of H-pyrrole nitrogens is 1. The Hall–Kier alpha value is -1.36. The van der Waals surface area contributed by atoms with E-state index in [1.807, 2.05) is 26.8 Å². The summed E-state index contributed by atoms with van der Waals surface area (Å²) in [6.45, 7) is 6.62. The molecule has 0 aliphatic heterocycles. The first kappa shape index (κ1) is 12.7. The molecule has 0 fully saturated rings. The van der Waals surface area contributed by atoms with E-state index in [4.69, 9.17) is 0 Å². The van der Waals surface area contributed by atoms with Gasteiger partial charge in [0.25, 0.3) is 0 Å². The van der Waals surface area contributed by atoms with Crippen molar-refractivity contribution in [1.29, 1.82) is 0 Å². The Kier molecular flexibility index (Phi) is 4.98. The van der Waals surface area contributed by atoms with Crippen molar-refractivity contribution >= 4 is 5.91 Å². The van der Waals surface area contributed by atoms with E-state index in [-0.39, 0.29) is 18.0 Å². The zero-order valence-electron chi connectivity index (χ0n) is 10.1. The van der Waals surface area contributed by atoms with Gasteiger partial charge in [0.05, 0.1) is 0 Å². The number of carbonyl (C=O) groups excluding carboxylic acids is 1. The van der Waals surface area contributed by atoms with E-state index < -0.39 is 0 Å². The third-order valence-electron chi connectivity index (χ3n) is 2.14. The minimum atomic E-state index is 0.0830. The monoisotopic (exact) mass is 224 g/mol. The molecule has 0 aliphatic carbocycles. The molecule has 5 heteroatoms. The summed E-state index contributed by atoms with van der Waals surface area (Å²) >= 11 is 0. The molecule has 0 spiro atoms. The van der Waals surface area contributed by atoms with E-state index in [1.165, 1.54) is 0 Å². The van der Waals surface area contributed by atoms with Gasteiger partial charge in [-0.3, -0.25) is 9.89 Å². The Morgan fingerprint density at radius 2 is 2.25 bits per heavy atom. The summed E-state index contributed by atoms with van der Waals surface area (Å²) in [5.74, 6) is 0.0830. The Morgan fingerprint density at radius 3 is 2.81 bits per heavy atom. The first-order valence-corrected chi connectivity index (χ1v) is 5.59. The highest BCUT2D eigenvalue weighted by molar-refractivity contribution is 5.76. The number of hydrogen-bond donors (Lipinski definition) is 3. The van der Waals surface area contributed by atoms with Crippen LogP contribution >= 0.6 is 0 Å². The molecule has 0 saturated heterocycles. The van der Waals surface area contributed by atoms with Gasteiger partial charge >= 0.3 is 0 Å². The summed E-state index contributed by atoms with van der Waals surface area (Å²) in [7, 11) is 0. The Balaban J connectivity index is 2.20. The van der Waals surface area contributed by atoms with Gasteiger partial charge in [0.15, 0.2) is 0 Å². The van der Waals surface area contributed by atoms with Gasteiger partial charge in [-0.1, -0.05) is 0 Å². The molecule has 90 valence electrons. The molecule has 1 amide bonds. The normalized spacial score (nSPS) is 12.8. The lowest BCUT2D eigenvalue weighted by atomic mass is 10.2. The van der Waals surface area contributed by atoms with Crippen molar-refractivity contribution in [2.45, 2.75) is 45.8 Å². The van der Waals surface area contributed by atoms with E-state index in [9.17, 15) is 4.79 Å². The molecule has 5 nitrogen and oxygen atoms in total. The molecule has 1 atom stereocenters. The summed E-state index contributed by atoms with van der Waals surface area (Å²) in [4.78, 5) is 11.5. The molecule has 0 bridgehead atoms. The second kappa shape index (κ2) is 6.27. The van der Waals surface area contributed by atoms with Gasteiger partial charge in [0, 0.05) is 36.9 Å². The van der Waals surface area contributed by atoms with Gasteiger partial charge in [0.1, 0.15) is 0 Å². The van der Waals surface area contributed by atoms with Crippen LogP contribution in [0.4, 0.5) is 0 Å². The minimum Gasteiger partial charge on any atom is -0.354 e. The first-order chi connectivity index (χ1) is 7.58. The van der Waals surface area contributed by atoms with E-state index in [0.717, 1.165) is 5.69 Å². The largest absolute Gasteiger partial charge is 0.354 e. The van der Waals surface area contributed by atoms with Crippen molar-refractivity contribution in [3.63, 3.8) is 0 Å².